The molecule has 2 rings (SSSR count). The molecular weight excluding hydrogens is 234 g/mol. The van der Waals surface area contributed by atoms with Gasteiger partial charge in [0.1, 0.15) is 19.2 Å². The molecule has 1 aliphatic rings. The van der Waals surface area contributed by atoms with E-state index in [-0.39, 0.29) is 24.6 Å². The average Bonchev–Trinajstić information content (AvgIpc) is 2.90. The van der Waals surface area contributed by atoms with Crippen LogP contribution >= 0.6 is 0 Å². The molecule has 2 heterocycles. The summed E-state index contributed by atoms with van der Waals surface area (Å²) < 4.78 is 6.86. The fourth-order valence-corrected chi connectivity index (χ4v) is 2.32. The van der Waals surface area contributed by atoms with E-state index in [0.29, 0.717) is 13.1 Å². The van der Waals surface area contributed by atoms with Crippen molar-refractivity contribution in [2.45, 2.75) is 31.5 Å². The number of methoxy groups -OCH3 is 1. The second-order valence-corrected chi connectivity index (χ2v) is 4.45. The summed E-state index contributed by atoms with van der Waals surface area (Å²) in [5.41, 5.74) is 5.74. The minimum atomic E-state index is 0.0329. The standard InChI is InChI=1S/C11H19N5O2/c1-18-10-2-3-16(9(4-10)5-12)11(17)6-15-8-13-7-14-15/h7-10H,2-6,12H2,1H3. The molecule has 2 N–H and O–H groups in total. The van der Waals surface area contributed by atoms with Crippen molar-refractivity contribution in [2.75, 3.05) is 20.2 Å². The summed E-state index contributed by atoms with van der Waals surface area (Å²) in [4.78, 5) is 17.8. The Morgan fingerprint density at radius 3 is 3.06 bits per heavy atom. The number of rotatable bonds is 4. The third-order valence-electron chi connectivity index (χ3n) is 3.36. The molecule has 0 saturated carbocycles. The quantitative estimate of drug-likeness (QED) is 0.762. The minimum absolute atomic E-state index is 0.0329. The summed E-state index contributed by atoms with van der Waals surface area (Å²) in [5, 5.41) is 3.94. The second kappa shape index (κ2) is 5.92. The third kappa shape index (κ3) is 2.85. The lowest BCUT2D eigenvalue weighted by atomic mass is 9.99. The monoisotopic (exact) mass is 253 g/mol. The van der Waals surface area contributed by atoms with E-state index in [4.69, 9.17) is 10.5 Å². The molecule has 2 unspecified atom stereocenters. The molecule has 1 aliphatic heterocycles. The maximum atomic E-state index is 12.2. The van der Waals surface area contributed by atoms with Gasteiger partial charge in [-0.2, -0.15) is 5.10 Å². The number of aromatic nitrogens is 3. The zero-order valence-corrected chi connectivity index (χ0v) is 10.5. The Balaban J connectivity index is 1.96. The molecule has 0 bridgehead atoms. The zero-order chi connectivity index (χ0) is 13.0. The Labute approximate surface area is 106 Å². The molecule has 1 saturated heterocycles. The lowest BCUT2D eigenvalue weighted by Gasteiger charge is -2.38. The SMILES string of the molecule is COC1CCN(C(=O)Cn2cncn2)C(CN)C1. The molecule has 1 aromatic rings. The second-order valence-electron chi connectivity index (χ2n) is 4.45. The molecular formula is C11H19N5O2. The fourth-order valence-electron chi connectivity index (χ4n) is 2.32. The van der Waals surface area contributed by atoms with Gasteiger partial charge in [-0.1, -0.05) is 0 Å². The van der Waals surface area contributed by atoms with Gasteiger partial charge < -0.3 is 15.4 Å². The van der Waals surface area contributed by atoms with E-state index in [1.807, 2.05) is 4.90 Å². The molecule has 7 nitrogen and oxygen atoms in total. The highest BCUT2D eigenvalue weighted by atomic mass is 16.5. The Hall–Kier alpha value is -1.47. The van der Waals surface area contributed by atoms with Crippen molar-refractivity contribution in [3.8, 4) is 0 Å². The van der Waals surface area contributed by atoms with Crippen LogP contribution in [0.3, 0.4) is 0 Å². The smallest absolute Gasteiger partial charge is 0.244 e. The van der Waals surface area contributed by atoms with Crippen molar-refractivity contribution >= 4 is 5.91 Å². The van der Waals surface area contributed by atoms with Gasteiger partial charge in [0.15, 0.2) is 0 Å². The Bertz CT molecular complexity index is 381. The summed E-state index contributed by atoms with van der Waals surface area (Å²) in [5.74, 6) is 0.0329. The summed E-state index contributed by atoms with van der Waals surface area (Å²) in [6.45, 7) is 1.37. The van der Waals surface area contributed by atoms with Crippen molar-refractivity contribution in [2.24, 2.45) is 5.73 Å². The van der Waals surface area contributed by atoms with Gasteiger partial charge in [-0.3, -0.25) is 4.79 Å². The number of ether oxygens (including phenoxy) is 1. The molecule has 18 heavy (non-hydrogen) atoms. The van der Waals surface area contributed by atoms with E-state index in [0.717, 1.165) is 12.8 Å². The van der Waals surface area contributed by atoms with Gasteiger partial charge in [-0.05, 0) is 12.8 Å². The van der Waals surface area contributed by atoms with Crippen LogP contribution in [-0.4, -0.2) is 57.9 Å². The fraction of sp³-hybridized carbons (Fsp3) is 0.727. The Morgan fingerprint density at radius 2 is 2.44 bits per heavy atom. The summed E-state index contributed by atoms with van der Waals surface area (Å²) >= 11 is 0. The van der Waals surface area contributed by atoms with E-state index in [1.165, 1.54) is 17.3 Å². The highest BCUT2D eigenvalue weighted by Crippen LogP contribution is 2.19. The Morgan fingerprint density at radius 1 is 1.61 bits per heavy atom. The van der Waals surface area contributed by atoms with E-state index in [2.05, 4.69) is 10.1 Å². The van der Waals surface area contributed by atoms with Gasteiger partial charge in [-0.15, -0.1) is 0 Å². The Kier molecular flexibility index (Phi) is 4.27. The van der Waals surface area contributed by atoms with Crippen LogP contribution in [0.15, 0.2) is 12.7 Å². The lowest BCUT2D eigenvalue weighted by molar-refractivity contribution is -0.137. The summed E-state index contributed by atoms with van der Waals surface area (Å²) in [7, 11) is 1.70. The van der Waals surface area contributed by atoms with Crippen LogP contribution in [-0.2, 0) is 16.1 Å². The lowest BCUT2D eigenvalue weighted by Crippen LogP contribution is -2.52. The number of hydrogen-bond donors (Lipinski definition) is 1. The number of hydrogen-bond acceptors (Lipinski definition) is 5. The van der Waals surface area contributed by atoms with E-state index < -0.39 is 0 Å². The largest absolute Gasteiger partial charge is 0.381 e. The van der Waals surface area contributed by atoms with Crippen LogP contribution in [0.2, 0.25) is 0 Å². The predicted octanol–water partition coefficient (Wildman–Crippen LogP) is -0.757. The zero-order valence-electron chi connectivity index (χ0n) is 10.5. The van der Waals surface area contributed by atoms with Crippen molar-refractivity contribution in [3.05, 3.63) is 12.7 Å². The number of carbonyl (C=O) groups is 1. The molecule has 1 amide bonds. The number of nitrogens with two attached hydrogens (primary N) is 1. The first-order chi connectivity index (χ1) is 8.74. The molecule has 0 aliphatic carbocycles. The van der Waals surface area contributed by atoms with Crippen LogP contribution < -0.4 is 5.73 Å². The van der Waals surface area contributed by atoms with Gasteiger partial charge in [0, 0.05) is 26.2 Å². The first-order valence-electron chi connectivity index (χ1n) is 6.09. The molecule has 0 radical (unpaired) electrons. The number of amides is 1. The summed E-state index contributed by atoms with van der Waals surface area (Å²) in [6.07, 6.45) is 4.82. The van der Waals surface area contributed by atoms with Gasteiger partial charge in [0.25, 0.3) is 0 Å². The highest BCUT2D eigenvalue weighted by molar-refractivity contribution is 5.76. The van der Waals surface area contributed by atoms with Crippen LogP contribution in [0.5, 0.6) is 0 Å². The highest BCUT2D eigenvalue weighted by Gasteiger charge is 2.30. The van der Waals surface area contributed by atoms with Gasteiger partial charge in [0.2, 0.25) is 5.91 Å². The molecule has 1 fully saturated rings. The van der Waals surface area contributed by atoms with Gasteiger partial charge in [-0.25, -0.2) is 9.67 Å². The van der Waals surface area contributed by atoms with Crippen LogP contribution in [0.25, 0.3) is 0 Å². The summed E-state index contributed by atoms with van der Waals surface area (Å²) in [6, 6.07) is 0.0553. The third-order valence-corrected chi connectivity index (χ3v) is 3.36. The molecule has 1 aromatic heterocycles. The van der Waals surface area contributed by atoms with Crippen molar-refractivity contribution in [1.82, 2.24) is 19.7 Å². The van der Waals surface area contributed by atoms with Crippen molar-refractivity contribution in [1.29, 1.82) is 0 Å². The topological polar surface area (TPSA) is 86.3 Å². The van der Waals surface area contributed by atoms with Crippen LogP contribution in [0.1, 0.15) is 12.8 Å². The maximum absolute atomic E-state index is 12.2. The minimum Gasteiger partial charge on any atom is -0.381 e. The molecule has 7 heteroatoms. The normalized spacial score (nSPS) is 24.2. The molecule has 0 spiro atoms. The van der Waals surface area contributed by atoms with Crippen molar-refractivity contribution in [3.63, 3.8) is 0 Å². The maximum Gasteiger partial charge on any atom is 0.244 e. The molecule has 2 atom stereocenters. The number of carbonyl (C=O) groups excluding carboxylic acids is 1. The van der Waals surface area contributed by atoms with Crippen molar-refractivity contribution < 1.29 is 9.53 Å². The van der Waals surface area contributed by atoms with E-state index >= 15 is 0 Å². The molecule has 0 aromatic carbocycles. The van der Waals surface area contributed by atoms with Gasteiger partial charge >= 0.3 is 0 Å². The number of nitrogens with zero attached hydrogens (tertiary/aromatic N) is 4. The number of piperidine rings is 1. The first-order valence-corrected chi connectivity index (χ1v) is 6.09. The van der Waals surface area contributed by atoms with Crippen LogP contribution in [0, 0.1) is 0 Å². The van der Waals surface area contributed by atoms with Gasteiger partial charge in [0.05, 0.1) is 6.10 Å². The average molecular weight is 253 g/mol. The first kappa shape index (κ1) is 13.0. The predicted molar refractivity (Wildman–Crippen MR) is 64.6 cm³/mol. The molecule has 100 valence electrons. The van der Waals surface area contributed by atoms with E-state index in [9.17, 15) is 4.79 Å². The van der Waals surface area contributed by atoms with E-state index in [1.54, 1.807) is 7.11 Å². The number of likely N-dealkylation sites (tertiary alicyclic amines) is 1. The van der Waals surface area contributed by atoms with Crippen LogP contribution in [0.4, 0.5) is 0 Å².